The number of nitrogens with one attached hydrogen (secondary N) is 1. The summed E-state index contributed by atoms with van der Waals surface area (Å²) >= 11 is 0. The molecule has 0 amide bonds. The fourth-order valence-corrected chi connectivity index (χ4v) is 6.00. The van der Waals surface area contributed by atoms with E-state index in [2.05, 4.69) is 9.82 Å². The Bertz CT molecular complexity index is 1470. The summed E-state index contributed by atoms with van der Waals surface area (Å²) < 4.78 is 60.3. The van der Waals surface area contributed by atoms with Gasteiger partial charge in [-0.25, -0.2) is 8.42 Å². The van der Waals surface area contributed by atoms with Crippen molar-refractivity contribution in [3.05, 3.63) is 89.5 Å². The Morgan fingerprint density at radius 1 is 1.00 bits per heavy atom. The summed E-state index contributed by atoms with van der Waals surface area (Å²) in [5, 5.41) is 4.56. The highest BCUT2D eigenvalue weighted by Gasteiger charge is 2.38. The lowest BCUT2D eigenvalue weighted by Gasteiger charge is -2.24. The second-order valence-electron chi connectivity index (χ2n) is 8.16. The van der Waals surface area contributed by atoms with Crippen LogP contribution in [0, 0.1) is 6.92 Å². The molecule has 8 nitrogen and oxygen atoms in total. The van der Waals surface area contributed by atoms with Gasteiger partial charge < -0.3 is 4.74 Å². The molecule has 1 aliphatic heterocycles. The molecule has 0 unspecified atom stereocenters. The SMILES string of the molecule is CCS(=O)(=O)Nc1cccc(C2=NN(S(=O)(=O)c3ccc(OC)cc3)[C@H](c3ccccc3C)C2)c1. The Morgan fingerprint density at radius 3 is 2.37 bits per heavy atom. The summed E-state index contributed by atoms with van der Waals surface area (Å²) in [5.41, 5.74) is 3.40. The zero-order valence-corrected chi connectivity index (χ0v) is 21.3. The number of hydrogen-bond donors (Lipinski definition) is 1. The van der Waals surface area contributed by atoms with Crippen molar-refractivity contribution in [2.45, 2.75) is 31.2 Å². The maximum absolute atomic E-state index is 13.7. The van der Waals surface area contributed by atoms with Crippen molar-refractivity contribution in [3.8, 4) is 5.75 Å². The lowest BCUT2D eigenvalue weighted by atomic mass is 9.96. The molecule has 0 fully saturated rings. The van der Waals surface area contributed by atoms with E-state index < -0.39 is 26.1 Å². The van der Waals surface area contributed by atoms with Gasteiger partial charge in [-0.15, -0.1) is 0 Å². The predicted molar refractivity (Wildman–Crippen MR) is 137 cm³/mol. The van der Waals surface area contributed by atoms with Gasteiger partial charge in [-0.2, -0.15) is 17.9 Å². The highest BCUT2D eigenvalue weighted by molar-refractivity contribution is 7.92. The second-order valence-corrected chi connectivity index (χ2v) is 12.0. The highest BCUT2D eigenvalue weighted by Crippen LogP contribution is 2.38. The van der Waals surface area contributed by atoms with Crippen molar-refractivity contribution < 1.29 is 21.6 Å². The number of ether oxygens (including phenoxy) is 1. The Hall–Kier alpha value is -3.37. The van der Waals surface area contributed by atoms with E-state index in [4.69, 9.17) is 4.74 Å². The zero-order valence-electron chi connectivity index (χ0n) is 19.7. The average Bonchev–Trinajstić information content (AvgIpc) is 3.30. The van der Waals surface area contributed by atoms with Crippen LogP contribution in [0.5, 0.6) is 5.75 Å². The number of anilines is 1. The predicted octanol–water partition coefficient (Wildman–Crippen LogP) is 4.31. The third-order valence-electron chi connectivity index (χ3n) is 5.87. The first kappa shape index (κ1) is 24.7. The van der Waals surface area contributed by atoms with E-state index in [0.29, 0.717) is 29.1 Å². The Kier molecular flexibility index (Phi) is 6.86. The summed E-state index contributed by atoms with van der Waals surface area (Å²) in [7, 11) is -5.92. The number of nitrogens with zero attached hydrogens (tertiary/aromatic N) is 2. The van der Waals surface area contributed by atoms with Crippen LogP contribution in [0.25, 0.3) is 0 Å². The van der Waals surface area contributed by atoms with Crippen LogP contribution < -0.4 is 9.46 Å². The van der Waals surface area contributed by atoms with Crippen molar-refractivity contribution in [1.29, 1.82) is 0 Å². The van der Waals surface area contributed by atoms with E-state index in [1.807, 2.05) is 31.2 Å². The fourth-order valence-electron chi connectivity index (χ4n) is 3.95. The number of methoxy groups -OCH3 is 1. The molecule has 0 radical (unpaired) electrons. The molecule has 4 rings (SSSR count). The zero-order chi connectivity index (χ0) is 25.2. The van der Waals surface area contributed by atoms with E-state index in [1.54, 1.807) is 43.3 Å². The first-order valence-electron chi connectivity index (χ1n) is 11.1. The first-order valence-corrected chi connectivity index (χ1v) is 14.2. The van der Waals surface area contributed by atoms with Crippen LogP contribution in [0.2, 0.25) is 0 Å². The van der Waals surface area contributed by atoms with E-state index in [0.717, 1.165) is 15.5 Å². The minimum absolute atomic E-state index is 0.0542. The van der Waals surface area contributed by atoms with Gasteiger partial charge in [0.2, 0.25) is 10.0 Å². The van der Waals surface area contributed by atoms with Crippen LogP contribution in [-0.2, 0) is 20.0 Å². The molecule has 0 aliphatic carbocycles. The minimum Gasteiger partial charge on any atom is -0.497 e. The molecule has 1 aliphatic rings. The van der Waals surface area contributed by atoms with Crippen LogP contribution in [0.15, 0.2) is 82.8 Å². The van der Waals surface area contributed by atoms with Gasteiger partial charge in [0.25, 0.3) is 10.0 Å². The molecular weight excluding hydrogens is 486 g/mol. The van der Waals surface area contributed by atoms with E-state index in [-0.39, 0.29) is 10.6 Å². The first-order chi connectivity index (χ1) is 16.6. The van der Waals surface area contributed by atoms with E-state index in [1.165, 1.54) is 19.2 Å². The topological polar surface area (TPSA) is 105 Å². The number of hydrogen-bond acceptors (Lipinski definition) is 6. The third-order valence-corrected chi connectivity index (χ3v) is 8.88. The molecular formula is C25H27N3O5S2. The maximum atomic E-state index is 13.7. The Morgan fingerprint density at radius 2 is 1.71 bits per heavy atom. The van der Waals surface area contributed by atoms with Gasteiger partial charge in [0.1, 0.15) is 5.75 Å². The monoisotopic (exact) mass is 513 g/mol. The molecule has 0 spiro atoms. The van der Waals surface area contributed by atoms with Crippen LogP contribution in [0.1, 0.15) is 36.1 Å². The molecule has 1 N–H and O–H groups in total. The molecule has 10 heteroatoms. The fraction of sp³-hybridized carbons (Fsp3) is 0.240. The Balaban J connectivity index is 1.77. The van der Waals surface area contributed by atoms with Crippen molar-refractivity contribution >= 4 is 31.4 Å². The maximum Gasteiger partial charge on any atom is 0.279 e. The molecule has 0 saturated carbocycles. The van der Waals surface area contributed by atoms with Crippen LogP contribution >= 0.6 is 0 Å². The number of aryl methyl sites for hydroxylation is 1. The van der Waals surface area contributed by atoms with E-state index >= 15 is 0 Å². The van der Waals surface area contributed by atoms with Gasteiger partial charge in [-0.3, -0.25) is 4.72 Å². The molecule has 1 atom stereocenters. The van der Waals surface area contributed by atoms with Gasteiger partial charge in [0.05, 0.1) is 29.5 Å². The molecule has 3 aromatic rings. The summed E-state index contributed by atoms with van der Waals surface area (Å²) in [4.78, 5) is 0.103. The molecule has 0 bridgehead atoms. The summed E-state index contributed by atoms with van der Waals surface area (Å²) in [6.07, 6.45) is 0.338. The Labute approximate surface area is 206 Å². The number of benzene rings is 3. The summed E-state index contributed by atoms with van der Waals surface area (Å²) in [5.74, 6) is 0.498. The molecule has 0 aromatic heterocycles. The van der Waals surface area contributed by atoms with Crippen LogP contribution in [0.4, 0.5) is 5.69 Å². The normalized spacial score (nSPS) is 16.1. The van der Waals surface area contributed by atoms with Crippen LogP contribution in [-0.4, -0.2) is 39.8 Å². The summed E-state index contributed by atoms with van der Waals surface area (Å²) in [6, 6.07) is 20.1. The lowest BCUT2D eigenvalue weighted by molar-refractivity contribution is 0.370. The van der Waals surface area contributed by atoms with Crippen molar-refractivity contribution in [2.75, 3.05) is 17.6 Å². The molecule has 184 valence electrons. The molecule has 1 heterocycles. The molecule has 3 aromatic carbocycles. The quantitative estimate of drug-likeness (QED) is 0.483. The lowest BCUT2D eigenvalue weighted by Crippen LogP contribution is -2.27. The number of hydrazone groups is 1. The molecule has 35 heavy (non-hydrogen) atoms. The van der Waals surface area contributed by atoms with Gasteiger partial charge in [-0.05, 0) is 66.9 Å². The second kappa shape index (κ2) is 9.71. The molecule has 0 saturated heterocycles. The van der Waals surface area contributed by atoms with Crippen LogP contribution in [0.3, 0.4) is 0 Å². The van der Waals surface area contributed by atoms with Gasteiger partial charge >= 0.3 is 0 Å². The van der Waals surface area contributed by atoms with E-state index in [9.17, 15) is 16.8 Å². The van der Waals surface area contributed by atoms with Crippen molar-refractivity contribution in [2.24, 2.45) is 5.10 Å². The smallest absolute Gasteiger partial charge is 0.279 e. The average molecular weight is 514 g/mol. The van der Waals surface area contributed by atoms with Gasteiger partial charge in [-0.1, -0.05) is 36.4 Å². The third kappa shape index (κ3) is 5.18. The van der Waals surface area contributed by atoms with Crippen molar-refractivity contribution in [3.63, 3.8) is 0 Å². The number of sulfonamides is 2. The van der Waals surface area contributed by atoms with Gasteiger partial charge in [0, 0.05) is 12.1 Å². The number of rotatable bonds is 8. The highest BCUT2D eigenvalue weighted by atomic mass is 32.2. The standard InChI is InChI=1S/C25H27N3O5S2/c1-4-34(29,30)27-20-10-7-9-19(16-20)24-17-25(23-11-6-5-8-18(23)2)28(26-24)35(31,32)22-14-12-21(33-3)13-15-22/h5-16,25,27H,4,17H2,1-3H3/t25-/m0/s1. The van der Waals surface area contributed by atoms with Gasteiger partial charge in [0.15, 0.2) is 0 Å². The minimum atomic E-state index is -3.98. The largest absolute Gasteiger partial charge is 0.497 e. The van der Waals surface area contributed by atoms with Crippen molar-refractivity contribution in [1.82, 2.24) is 4.41 Å². The summed E-state index contributed by atoms with van der Waals surface area (Å²) in [6.45, 7) is 3.49.